The van der Waals surface area contributed by atoms with E-state index in [1.807, 2.05) is 45.0 Å². The summed E-state index contributed by atoms with van der Waals surface area (Å²) in [5.74, 6) is 0.0558. The van der Waals surface area contributed by atoms with Crippen molar-refractivity contribution in [1.29, 1.82) is 0 Å². The monoisotopic (exact) mass is 581 g/mol. The van der Waals surface area contributed by atoms with Gasteiger partial charge in [0.15, 0.2) is 11.5 Å². The molecule has 0 aliphatic carbocycles. The first-order valence-corrected chi connectivity index (χ1v) is 14.1. The van der Waals surface area contributed by atoms with Crippen LogP contribution in [0.1, 0.15) is 33.3 Å². The fourth-order valence-electron chi connectivity index (χ4n) is 3.69. The average Bonchev–Trinajstić information content (AvgIpc) is 2.78. The van der Waals surface area contributed by atoms with Gasteiger partial charge >= 0.3 is 0 Å². The largest absolute Gasteiger partial charge is 0.486 e. The van der Waals surface area contributed by atoms with E-state index in [1.165, 1.54) is 11.0 Å². The summed E-state index contributed by atoms with van der Waals surface area (Å²) < 4.78 is 38.4. The van der Waals surface area contributed by atoms with E-state index in [4.69, 9.17) is 9.47 Å². The lowest BCUT2D eigenvalue weighted by Gasteiger charge is -2.33. The zero-order valence-corrected chi connectivity index (χ0v) is 23.5. The molecule has 0 aromatic heterocycles. The Kier molecular flexibility index (Phi) is 8.55. The third-order valence-electron chi connectivity index (χ3n) is 5.40. The molecule has 2 amide bonds. The minimum absolute atomic E-state index is 0.121. The van der Waals surface area contributed by atoms with Gasteiger partial charge in [-0.1, -0.05) is 28.1 Å². The molecule has 1 aliphatic rings. The van der Waals surface area contributed by atoms with Crippen molar-refractivity contribution in [1.82, 2.24) is 10.2 Å². The summed E-state index contributed by atoms with van der Waals surface area (Å²) in [6, 6.07) is 11.3. The SMILES string of the molecule is C[C@@H](C(=O)NC(C)(C)C)N(Cc1cccc(Br)c1)C(=O)CN(c1ccc2c(c1)OCCO2)S(C)(=O)=O. The standard InChI is InChI=1S/C25H32BrN3O6S/c1-17(24(31)27-25(2,3)4)28(15-18-7-6-8-19(26)13-18)23(30)16-29(36(5,32)33)20-9-10-21-22(14-20)35-12-11-34-21/h6-10,13-14,17H,11-12,15-16H2,1-5H3,(H,27,31)/t17-/m0/s1. The lowest BCUT2D eigenvalue weighted by Crippen LogP contribution is -2.54. The molecule has 1 atom stereocenters. The quantitative estimate of drug-likeness (QED) is 0.512. The molecule has 0 bridgehead atoms. The number of amides is 2. The van der Waals surface area contributed by atoms with Crippen molar-refractivity contribution in [3.05, 3.63) is 52.5 Å². The molecule has 0 saturated carbocycles. The maximum Gasteiger partial charge on any atom is 0.244 e. The zero-order chi connectivity index (χ0) is 26.7. The third kappa shape index (κ3) is 7.36. The van der Waals surface area contributed by atoms with E-state index < -0.39 is 34.1 Å². The van der Waals surface area contributed by atoms with Crippen LogP contribution in [0.25, 0.3) is 0 Å². The lowest BCUT2D eigenvalue weighted by atomic mass is 10.1. The van der Waals surface area contributed by atoms with Crippen molar-refractivity contribution >= 4 is 43.5 Å². The van der Waals surface area contributed by atoms with Crippen molar-refractivity contribution < 1.29 is 27.5 Å². The van der Waals surface area contributed by atoms with E-state index in [1.54, 1.807) is 19.1 Å². The number of ether oxygens (including phenoxy) is 2. The van der Waals surface area contributed by atoms with Crippen molar-refractivity contribution in [2.45, 2.75) is 45.8 Å². The fourth-order valence-corrected chi connectivity index (χ4v) is 4.98. The first-order chi connectivity index (χ1) is 16.7. The molecule has 0 unspecified atom stereocenters. The fraction of sp³-hybridized carbons (Fsp3) is 0.440. The Hall–Kier alpha value is -2.79. The normalized spacial score (nSPS) is 14.1. The number of carbonyl (C=O) groups excluding carboxylic acids is 2. The van der Waals surface area contributed by atoms with Gasteiger partial charge in [0, 0.05) is 22.6 Å². The van der Waals surface area contributed by atoms with Gasteiger partial charge in [-0.25, -0.2) is 8.42 Å². The minimum atomic E-state index is -3.85. The molecule has 1 heterocycles. The van der Waals surface area contributed by atoms with Crippen LogP contribution in [-0.4, -0.2) is 62.7 Å². The van der Waals surface area contributed by atoms with Gasteiger partial charge in [0.2, 0.25) is 21.8 Å². The van der Waals surface area contributed by atoms with E-state index in [0.717, 1.165) is 20.6 Å². The van der Waals surface area contributed by atoms with Crippen LogP contribution in [0.3, 0.4) is 0 Å². The van der Waals surface area contributed by atoms with Gasteiger partial charge in [-0.2, -0.15) is 0 Å². The lowest BCUT2D eigenvalue weighted by molar-refractivity contribution is -0.140. The Bertz CT molecular complexity index is 1230. The maximum absolute atomic E-state index is 13.6. The van der Waals surface area contributed by atoms with Crippen molar-refractivity contribution in [3.63, 3.8) is 0 Å². The maximum atomic E-state index is 13.6. The topological polar surface area (TPSA) is 105 Å². The van der Waals surface area contributed by atoms with Crippen LogP contribution in [0.4, 0.5) is 5.69 Å². The summed E-state index contributed by atoms with van der Waals surface area (Å²) in [5, 5.41) is 2.90. The summed E-state index contributed by atoms with van der Waals surface area (Å²) in [4.78, 5) is 28.0. The summed E-state index contributed by atoms with van der Waals surface area (Å²) in [7, 11) is -3.85. The second-order valence-electron chi connectivity index (χ2n) is 9.66. The van der Waals surface area contributed by atoms with Gasteiger partial charge in [-0.15, -0.1) is 0 Å². The number of nitrogens with zero attached hydrogens (tertiary/aromatic N) is 2. The summed E-state index contributed by atoms with van der Waals surface area (Å²) in [5.41, 5.74) is 0.558. The Balaban J connectivity index is 1.93. The van der Waals surface area contributed by atoms with Gasteiger partial charge in [-0.05, 0) is 57.5 Å². The van der Waals surface area contributed by atoms with E-state index in [-0.39, 0.29) is 18.1 Å². The molecule has 9 nitrogen and oxygen atoms in total. The predicted molar refractivity (Wildman–Crippen MR) is 142 cm³/mol. The number of carbonyl (C=O) groups is 2. The molecule has 0 saturated heterocycles. The van der Waals surface area contributed by atoms with Crippen molar-refractivity contribution in [3.8, 4) is 11.5 Å². The number of rotatable bonds is 8. The summed E-state index contributed by atoms with van der Waals surface area (Å²) >= 11 is 3.43. The Morgan fingerprint density at radius 3 is 2.36 bits per heavy atom. The van der Waals surface area contributed by atoms with E-state index in [2.05, 4.69) is 21.2 Å². The van der Waals surface area contributed by atoms with Crippen LogP contribution >= 0.6 is 15.9 Å². The van der Waals surface area contributed by atoms with Crippen LogP contribution in [0.5, 0.6) is 11.5 Å². The highest BCUT2D eigenvalue weighted by Gasteiger charge is 2.32. The summed E-state index contributed by atoms with van der Waals surface area (Å²) in [6.07, 6.45) is 1.03. The van der Waals surface area contributed by atoms with Crippen LogP contribution in [0, 0.1) is 0 Å². The number of fused-ring (bicyclic) bond motifs is 1. The highest BCUT2D eigenvalue weighted by molar-refractivity contribution is 9.10. The third-order valence-corrected chi connectivity index (χ3v) is 7.03. The van der Waals surface area contributed by atoms with Crippen LogP contribution in [0.15, 0.2) is 46.9 Å². The molecule has 3 rings (SSSR count). The molecule has 2 aromatic carbocycles. The summed E-state index contributed by atoms with van der Waals surface area (Å²) in [6.45, 7) is 7.57. The van der Waals surface area contributed by atoms with Crippen LogP contribution < -0.4 is 19.1 Å². The van der Waals surface area contributed by atoms with Crippen molar-refractivity contribution in [2.24, 2.45) is 0 Å². The van der Waals surface area contributed by atoms with E-state index in [0.29, 0.717) is 24.7 Å². The van der Waals surface area contributed by atoms with Crippen LogP contribution in [0.2, 0.25) is 0 Å². The molecule has 2 aromatic rings. The number of anilines is 1. The Morgan fingerprint density at radius 1 is 1.08 bits per heavy atom. The predicted octanol–water partition coefficient (Wildman–Crippen LogP) is 3.32. The number of sulfonamides is 1. The minimum Gasteiger partial charge on any atom is -0.486 e. The first kappa shape index (κ1) is 27.8. The second-order valence-corrected chi connectivity index (χ2v) is 12.5. The Morgan fingerprint density at radius 2 is 1.75 bits per heavy atom. The van der Waals surface area contributed by atoms with Gasteiger partial charge < -0.3 is 19.7 Å². The van der Waals surface area contributed by atoms with E-state index in [9.17, 15) is 18.0 Å². The molecule has 36 heavy (non-hydrogen) atoms. The van der Waals surface area contributed by atoms with Gasteiger partial charge in [0.25, 0.3) is 0 Å². The number of halogens is 1. The highest BCUT2D eigenvalue weighted by Crippen LogP contribution is 2.34. The van der Waals surface area contributed by atoms with Gasteiger partial charge in [-0.3, -0.25) is 13.9 Å². The molecular formula is C25H32BrN3O6S. The van der Waals surface area contributed by atoms with Gasteiger partial charge in [0.05, 0.1) is 11.9 Å². The van der Waals surface area contributed by atoms with Gasteiger partial charge in [0.1, 0.15) is 25.8 Å². The second kappa shape index (κ2) is 11.1. The molecule has 0 fully saturated rings. The molecule has 0 radical (unpaired) electrons. The average molecular weight is 583 g/mol. The first-order valence-electron chi connectivity index (χ1n) is 11.5. The van der Waals surface area contributed by atoms with E-state index >= 15 is 0 Å². The molecule has 11 heteroatoms. The Labute approximate surface area is 220 Å². The zero-order valence-electron chi connectivity index (χ0n) is 21.1. The smallest absolute Gasteiger partial charge is 0.244 e. The molecule has 1 N–H and O–H groups in total. The molecule has 196 valence electrons. The number of nitrogens with one attached hydrogen (secondary N) is 1. The van der Waals surface area contributed by atoms with Crippen molar-refractivity contribution in [2.75, 3.05) is 30.3 Å². The highest BCUT2D eigenvalue weighted by atomic mass is 79.9. The number of hydrogen-bond acceptors (Lipinski definition) is 6. The van der Waals surface area contributed by atoms with Crippen LogP contribution in [-0.2, 0) is 26.2 Å². The number of benzene rings is 2. The molecular weight excluding hydrogens is 550 g/mol. The molecule has 0 spiro atoms. The molecule has 1 aliphatic heterocycles. The number of hydrogen-bond donors (Lipinski definition) is 1.